The summed E-state index contributed by atoms with van der Waals surface area (Å²) in [5, 5.41) is 4.91. The first-order valence-corrected chi connectivity index (χ1v) is 7.02. The van der Waals surface area contributed by atoms with Crippen LogP contribution in [0.3, 0.4) is 0 Å². The van der Waals surface area contributed by atoms with E-state index in [9.17, 15) is 4.79 Å². The van der Waals surface area contributed by atoms with Crippen molar-refractivity contribution in [1.82, 2.24) is 15.3 Å². The third-order valence-corrected chi connectivity index (χ3v) is 4.15. The van der Waals surface area contributed by atoms with Crippen molar-refractivity contribution in [3.63, 3.8) is 0 Å². The molecule has 0 saturated carbocycles. The number of nitrogen functional groups attached to an aromatic ring is 1. The minimum Gasteiger partial charge on any atom is -0.350 e. The van der Waals surface area contributed by atoms with Crippen LogP contribution in [-0.2, 0) is 5.41 Å². The molecule has 0 aliphatic rings. The Hall–Kier alpha value is -1.99. The Labute approximate surface area is 121 Å². The highest BCUT2D eigenvalue weighted by atomic mass is 32.1. The van der Waals surface area contributed by atoms with Gasteiger partial charge in [-0.15, -0.1) is 11.3 Å². The molecule has 0 radical (unpaired) electrons. The topological polar surface area (TPSA) is 92.9 Å². The van der Waals surface area contributed by atoms with E-state index in [1.165, 1.54) is 17.3 Å². The summed E-state index contributed by atoms with van der Waals surface area (Å²) in [4.78, 5) is 21.2. The number of nitrogens with zero attached hydrogens (tertiary/aromatic N) is 2. The highest BCUT2D eigenvalue weighted by Gasteiger charge is 2.23. The minimum absolute atomic E-state index is 0.115. The summed E-state index contributed by atoms with van der Waals surface area (Å²) in [6.45, 7) is 4.71. The van der Waals surface area contributed by atoms with Gasteiger partial charge >= 0.3 is 0 Å². The molecule has 0 fully saturated rings. The Morgan fingerprint density at radius 1 is 1.40 bits per heavy atom. The van der Waals surface area contributed by atoms with Crippen LogP contribution >= 0.6 is 11.3 Å². The van der Waals surface area contributed by atoms with Crippen molar-refractivity contribution >= 4 is 23.1 Å². The van der Waals surface area contributed by atoms with Gasteiger partial charge in [-0.1, -0.05) is 19.9 Å². The lowest BCUT2D eigenvalue weighted by atomic mass is 9.91. The first-order chi connectivity index (χ1) is 9.53. The molecular weight excluding hydrogens is 274 g/mol. The number of carbonyl (C=O) groups excluding carboxylic acids is 1. The van der Waals surface area contributed by atoms with Crippen LogP contribution in [0.15, 0.2) is 29.9 Å². The molecule has 20 heavy (non-hydrogen) atoms. The maximum atomic E-state index is 12.0. The number of nitrogens with two attached hydrogens (primary N) is 1. The Kier molecular flexibility index (Phi) is 4.31. The highest BCUT2D eigenvalue weighted by Crippen LogP contribution is 2.26. The van der Waals surface area contributed by atoms with Gasteiger partial charge < -0.3 is 10.7 Å². The Balaban J connectivity index is 1.98. The number of thiophene rings is 1. The first-order valence-electron chi connectivity index (χ1n) is 6.14. The van der Waals surface area contributed by atoms with Gasteiger partial charge in [-0.05, 0) is 11.4 Å². The van der Waals surface area contributed by atoms with E-state index >= 15 is 0 Å². The summed E-state index contributed by atoms with van der Waals surface area (Å²) in [5.41, 5.74) is 2.52. The van der Waals surface area contributed by atoms with Crippen molar-refractivity contribution in [3.8, 4) is 0 Å². The lowest BCUT2D eigenvalue weighted by Gasteiger charge is -2.23. The number of nitrogens with one attached hydrogen (secondary N) is 2. The van der Waals surface area contributed by atoms with E-state index in [4.69, 9.17) is 5.84 Å². The van der Waals surface area contributed by atoms with Gasteiger partial charge in [0.1, 0.15) is 5.69 Å². The molecule has 0 bridgehead atoms. The van der Waals surface area contributed by atoms with E-state index in [2.05, 4.69) is 40.6 Å². The predicted molar refractivity (Wildman–Crippen MR) is 79.5 cm³/mol. The first kappa shape index (κ1) is 14.4. The standard InChI is InChI=1S/C13H17N5OS/c1-13(2,10-4-3-5-20-10)8-17-12(19)9-6-16-11(18-14)7-15-9/h3-7H,8,14H2,1-2H3,(H,16,18)(H,17,19). The second-order valence-corrected chi connectivity index (χ2v) is 5.92. The van der Waals surface area contributed by atoms with Gasteiger partial charge in [0.25, 0.3) is 5.91 Å². The van der Waals surface area contributed by atoms with E-state index in [1.807, 2.05) is 11.4 Å². The predicted octanol–water partition coefficient (Wildman–Crippen LogP) is 1.53. The molecule has 2 rings (SSSR count). The average molecular weight is 291 g/mol. The fraction of sp³-hybridized carbons (Fsp3) is 0.308. The molecule has 0 spiro atoms. The molecule has 4 N–H and O–H groups in total. The molecule has 2 heterocycles. The van der Waals surface area contributed by atoms with E-state index in [0.29, 0.717) is 12.4 Å². The summed E-state index contributed by atoms with van der Waals surface area (Å²) >= 11 is 1.68. The Morgan fingerprint density at radius 3 is 2.75 bits per heavy atom. The number of anilines is 1. The maximum absolute atomic E-state index is 12.0. The third kappa shape index (κ3) is 3.31. The maximum Gasteiger partial charge on any atom is 0.271 e. The number of carbonyl (C=O) groups is 1. The molecule has 106 valence electrons. The number of hydrogen-bond donors (Lipinski definition) is 3. The van der Waals surface area contributed by atoms with Crippen LogP contribution in [-0.4, -0.2) is 22.4 Å². The molecule has 0 aliphatic carbocycles. The van der Waals surface area contributed by atoms with Crippen molar-refractivity contribution in [2.45, 2.75) is 19.3 Å². The molecular formula is C13H17N5OS. The summed E-state index contributed by atoms with van der Waals surface area (Å²) in [7, 11) is 0. The van der Waals surface area contributed by atoms with E-state index < -0.39 is 0 Å². The molecule has 6 nitrogen and oxygen atoms in total. The summed E-state index contributed by atoms with van der Waals surface area (Å²) in [5.74, 6) is 5.37. The van der Waals surface area contributed by atoms with Gasteiger partial charge in [0.2, 0.25) is 0 Å². The number of rotatable bonds is 5. The second-order valence-electron chi connectivity index (χ2n) is 4.98. The molecule has 0 saturated heterocycles. The van der Waals surface area contributed by atoms with Gasteiger partial charge in [0.05, 0.1) is 12.4 Å². The van der Waals surface area contributed by atoms with Crippen LogP contribution in [0, 0.1) is 0 Å². The number of hydrazine groups is 1. The minimum atomic E-state index is -0.245. The van der Waals surface area contributed by atoms with Crippen LogP contribution in [0.1, 0.15) is 29.2 Å². The van der Waals surface area contributed by atoms with Crippen molar-refractivity contribution < 1.29 is 4.79 Å². The molecule has 0 aromatic carbocycles. The number of aromatic nitrogens is 2. The van der Waals surface area contributed by atoms with E-state index in [-0.39, 0.29) is 17.0 Å². The molecule has 0 aliphatic heterocycles. The average Bonchev–Trinajstić information content (AvgIpc) is 3.00. The zero-order chi connectivity index (χ0) is 14.6. The smallest absolute Gasteiger partial charge is 0.271 e. The lowest BCUT2D eigenvalue weighted by Crippen LogP contribution is -2.36. The normalized spacial score (nSPS) is 11.2. The molecule has 0 atom stereocenters. The summed E-state index contributed by atoms with van der Waals surface area (Å²) < 4.78 is 0. The lowest BCUT2D eigenvalue weighted by molar-refractivity contribution is 0.0940. The number of hydrogen-bond acceptors (Lipinski definition) is 6. The Bertz CT molecular complexity index is 565. The fourth-order valence-corrected chi connectivity index (χ4v) is 2.51. The fourth-order valence-electron chi connectivity index (χ4n) is 1.66. The van der Waals surface area contributed by atoms with Crippen LogP contribution in [0.4, 0.5) is 5.82 Å². The van der Waals surface area contributed by atoms with Crippen molar-refractivity contribution in [1.29, 1.82) is 0 Å². The molecule has 0 unspecified atom stereocenters. The zero-order valence-electron chi connectivity index (χ0n) is 11.4. The largest absolute Gasteiger partial charge is 0.350 e. The monoisotopic (exact) mass is 291 g/mol. The summed E-state index contributed by atoms with van der Waals surface area (Å²) in [6, 6.07) is 4.08. The molecule has 7 heteroatoms. The highest BCUT2D eigenvalue weighted by molar-refractivity contribution is 7.10. The van der Waals surface area contributed by atoms with Gasteiger partial charge in [0.15, 0.2) is 5.82 Å². The van der Waals surface area contributed by atoms with Gasteiger partial charge in [0, 0.05) is 16.8 Å². The number of amides is 1. The van der Waals surface area contributed by atoms with Crippen molar-refractivity contribution in [2.24, 2.45) is 5.84 Å². The van der Waals surface area contributed by atoms with Crippen LogP contribution in [0.5, 0.6) is 0 Å². The quantitative estimate of drug-likeness (QED) is 0.574. The van der Waals surface area contributed by atoms with Gasteiger partial charge in [-0.2, -0.15) is 0 Å². The SMILES string of the molecule is CC(C)(CNC(=O)c1cnc(NN)cn1)c1cccs1. The van der Waals surface area contributed by atoms with E-state index in [1.54, 1.807) is 11.3 Å². The summed E-state index contributed by atoms with van der Waals surface area (Å²) in [6.07, 6.45) is 2.81. The van der Waals surface area contributed by atoms with E-state index in [0.717, 1.165) is 0 Å². The van der Waals surface area contributed by atoms with Crippen LogP contribution in [0.25, 0.3) is 0 Å². The molecule has 2 aromatic rings. The van der Waals surface area contributed by atoms with Crippen molar-refractivity contribution in [2.75, 3.05) is 12.0 Å². The zero-order valence-corrected chi connectivity index (χ0v) is 12.2. The van der Waals surface area contributed by atoms with Gasteiger partial charge in [-0.3, -0.25) is 4.79 Å². The van der Waals surface area contributed by atoms with Gasteiger partial charge in [-0.25, -0.2) is 15.8 Å². The second kappa shape index (κ2) is 5.98. The van der Waals surface area contributed by atoms with Crippen LogP contribution < -0.4 is 16.6 Å². The van der Waals surface area contributed by atoms with Crippen LogP contribution in [0.2, 0.25) is 0 Å². The molecule has 2 aromatic heterocycles. The third-order valence-electron chi connectivity index (χ3n) is 2.91. The Morgan fingerprint density at radius 2 is 2.20 bits per heavy atom. The van der Waals surface area contributed by atoms with Crippen molar-refractivity contribution in [3.05, 3.63) is 40.5 Å². The molecule has 1 amide bonds.